The molecule has 2 fully saturated rings. The molecule has 0 N–H and O–H groups in total. The van der Waals surface area contributed by atoms with Gasteiger partial charge in [0.2, 0.25) is 0 Å². The van der Waals surface area contributed by atoms with Gasteiger partial charge in [0.25, 0.3) is 0 Å². The summed E-state index contributed by atoms with van der Waals surface area (Å²) in [7, 11) is 1.42. The number of methoxy groups -OCH3 is 1. The fourth-order valence-corrected chi connectivity index (χ4v) is 5.43. The predicted octanol–water partition coefficient (Wildman–Crippen LogP) is 5.11. The van der Waals surface area contributed by atoms with Crippen molar-refractivity contribution in [3.05, 3.63) is 29.3 Å². The molecule has 1 amide bonds. The average molecular weight is 472 g/mol. The lowest BCUT2D eigenvalue weighted by Crippen LogP contribution is -2.43. The number of likely N-dealkylation sites (tertiary alicyclic amines) is 1. The summed E-state index contributed by atoms with van der Waals surface area (Å²) in [5, 5.41) is 0. The van der Waals surface area contributed by atoms with Crippen molar-refractivity contribution in [2.24, 2.45) is 11.8 Å². The summed E-state index contributed by atoms with van der Waals surface area (Å²) >= 11 is 0. The number of fused-ring (bicyclic) bond motifs is 1. The highest BCUT2D eigenvalue weighted by Gasteiger charge is 2.44. The molecule has 0 radical (unpaired) electrons. The molecule has 34 heavy (non-hydrogen) atoms. The van der Waals surface area contributed by atoms with Gasteiger partial charge >= 0.3 is 12.1 Å². The van der Waals surface area contributed by atoms with E-state index in [0.29, 0.717) is 49.6 Å². The van der Waals surface area contributed by atoms with E-state index in [1.54, 1.807) is 4.90 Å². The van der Waals surface area contributed by atoms with E-state index in [9.17, 15) is 14.4 Å². The molecule has 0 aromatic heterocycles. The third-order valence-corrected chi connectivity index (χ3v) is 7.29. The van der Waals surface area contributed by atoms with Crippen LogP contribution in [0.15, 0.2) is 18.2 Å². The minimum absolute atomic E-state index is 0.0473. The maximum absolute atomic E-state index is 13.1. The minimum Gasteiger partial charge on any atom is -0.486 e. The van der Waals surface area contributed by atoms with E-state index >= 15 is 0 Å². The van der Waals surface area contributed by atoms with Crippen LogP contribution in [0, 0.1) is 11.8 Å². The second kappa shape index (κ2) is 9.23. The second-order valence-electron chi connectivity index (χ2n) is 11.1. The van der Waals surface area contributed by atoms with Crippen molar-refractivity contribution in [2.45, 2.75) is 83.3 Å². The Morgan fingerprint density at radius 3 is 2.56 bits per heavy atom. The number of carbonyl (C=O) groups excluding carboxylic acids is 3. The first kappa shape index (κ1) is 24.6. The number of hydrogen-bond donors (Lipinski definition) is 0. The Bertz CT molecular complexity index is 962. The molecule has 1 unspecified atom stereocenters. The number of amides is 1. The number of carbonyl (C=O) groups is 3. The molecule has 7 nitrogen and oxygen atoms in total. The molecule has 4 rings (SSSR count). The zero-order chi connectivity index (χ0) is 24.7. The first-order valence-electron chi connectivity index (χ1n) is 12.4. The topological polar surface area (TPSA) is 82.1 Å². The van der Waals surface area contributed by atoms with Gasteiger partial charge in [-0.05, 0) is 76.0 Å². The molecule has 1 saturated carbocycles. The summed E-state index contributed by atoms with van der Waals surface area (Å²) in [4.78, 5) is 39.7. The lowest BCUT2D eigenvalue weighted by molar-refractivity contribution is -0.145. The Morgan fingerprint density at radius 1 is 1.18 bits per heavy atom. The van der Waals surface area contributed by atoms with Gasteiger partial charge in [-0.3, -0.25) is 9.59 Å². The summed E-state index contributed by atoms with van der Waals surface area (Å²) in [5.41, 5.74) is 0.450. The predicted molar refractivity (Wildman–Crippen MR) is 127 cm³/mol. The van der Waals surface area contributed by atoms with Crippen LogP contribution in [-0.4, -0.2) is 54.1 Å². The van der Waals surface area contributed by atoms with Crippen molar-refractivity contribution in [1.82, 2.24) is 4.90 Å². The fourth-order valence-electron chi connectivity index (χ4n) is 5.43. The van der Waals surface area contributed by atoms with Crippen LogP contribution in [0.5, 0.6) is 5.75 Å². The monoisotopic (exact) mass is 471 g/mol. The molecule has 1 aliphatic carbocycles. The van der Waals surface area contributed by atoms with Gasteiger partial charge in [-0.15, -0.1) is 0 Å². The first-order valence-corrected chi connectivity index (χ1v) is 12.4. The van der Waals surface area contributed by atoms with E-state index in [0.717, 1.165) is 24.8 Å². The quantitative estimate of drug-likeness (QED) is 0.567. The van der Waals surface area contributed by atoms with Gasteiger partial charge in [-0.1, -0.05) is 13.0 Å². The Kier molecular flexibility index (Phi) is 6.67. The highest BCUT2D eigenvalue weighted by Crippen LogP contribution is 2.49. The van der Waals surface area contributed by atoms with Gasteiger partial charge in [0, 0.05) is 19.5 Å². The Labute approximate surface area is 202 Å². The highest BCUT2D eigenvalue weighted by atomic mass is 16.6. The van der Waals surface area contributed by atoms with Crippen LogP contribution in [0.25, 0.3) is 0 Å². The van der Waals surface area contributed by atoms with Crippen LogP contribution in [0.1, 0.15) is 88.1 Å². The van der Waals surface area contributed by atoms with Gasteiger partial charge in [-0.2, -0.15) is 0 Å². The number of rotatable bonds is 4. The van der Waals surface area contributed by atoms with Gasteiger partial charge in [0.15, 0.2) is 5.78 Å². The fraction of sp³-hybridized carbons (Fsp3) is 0.667. The molecular formula is C27H37NO6. The largest absolute Gasteiger partial charge is 0.486 e. The lowest BCUT2D eigenvalue weighted by Gasteiger charge is -2.38. The van der Waals surface area contributed by atoms with Gasteiger partial charge in [-0.25, -0.2) is 4.79 Å². The van der Waals surface area contributed by atoms with Gasteiger partial charge in [0.05, 0.1) is 25.0 Å². The molecule has 0 bridgehead atoms. The molecule has 1 aromatic rings. The van der Waals surface area contributed by atoms with Crippen LogP contribution >= 0.6 is 0 Å². The molecule has 7 heteroatoms. The standard InChI is InChI=1S/C27H37NO6/c1-17(24(30)32-5)23(18-7-8-18)19-9-10-20-21(29)16-27(33-22(20)15-19)11-6-13-28(14-12-27)25(31)34-26(2,3)4/h9-10,15,17-18,23H,6-8,11-14,16H2,1-5H3/t17-,23-,27?/m0/s1. The van der Waals surface area contributed by atoms with E-state index in [1.807, 2.05) is 45.9 Å². The number of ketones is 1. The molecule has 1 saturated heterocycles. The number of ether oxygens (including phenoxy) is 3. The molecule has 186 valence electrons. The molecule has 1 aromatic carbocycles. The molecular weight excluding hydrogens is 434 g/mol. The average Bonchev–Trinajstić information content (AvgIpc) is 3.60. The molecule has 2 heterocycles. The maximum atomic E-state index is 13.1. The van der Waals surface area contributed by atoms with E-state index in [1.165, 1.54) is 7.11 Å². The van der Waals surface area contributed by atoms with Crippen molar-refractivity contribution < 1.29 is 28.6 Å². The summed E-state index contributed by atoms with van der Waals surface area (Å²) in [6, 6.07) is 5.79. The van der Waals surface area contributed by atoms with Crippen molar-refractivity contribution in [3.8, 4) is 5.75 Å². The van der Waals surface area contributed by atoms with Crippen molar-refractivity contribution in [2.75, 3.05) is 20.2 Å². The minimum atomic E-state index is -0.623. The van der Waals surface area contributed by atoms with Crippen LogP contribution in [0.4, 0.5) is 4.79 Å². The summed E-state index contributed by atoms with van der Waals surface area (Å²) in [6.45, 7) is 8.56. The maximum Gasteiger partial charge on any atom is 0.410 e. The van der Waals surface area contributed by atoms with Gasteiger partial charge < -0.3 is 19.1 Å². The second-order valence-corrected chi connectivity index (χ2v) is 11.1. The third kappa shape index (κ3) is 5.23. The zero-order valence-electron chi connectivity index (χ0n) is 21.0. The first-order chi connectivity index (χ1) is 16.0. The van der Waals surface area contributed by atoms with E-state index in [2.05, 4.69) is 0 Å². The molecule has 3 aliphatic rings. The van der Waals surface area contributed by atoms with Crippen LogP contribution in [0.2, 0.25) is 0 Å². The number of hydrogen-bond acceptors (Lipinski definition) is 6. The molecule has 3 atom stereocenters. The van der Waals surface area contributed by atoms with Crippen molar-refractivity contribution in [3.63, 3.8) is 0 Å². The SMILES string of the molecule is COC(=O)[C@@H](C)[C@H](c1ccc2c(c1)OC1(CCCN(C(=O)OC(C)(C)C)CC1)CC2=O)C1CC1. The van der Waals surface area contributed by atoms with Gasteiger partial charge in [0.1, 0.15) is 17.0 Å². The van der Waals surface area contributed by atoms with Crippen molar-refractivity contribution in [1.29, 1.82) is 0 Å². The van der Waals surface area contributed by atoms with Crippen molar-refractivity contribution >= 4 is 17.8 Å². The smallest absolute Gasteiger partial charge is 0.410 e. The van der Waals surface area contributed by atoms with Crippen LogP contribution in [-0.2, 0) is 14.3 Å². The Hall–Kier alpha value is -2.57. The Morgan fingerprint density at radius 2 is 1.91 bits per heavy atom. The van der Waals surface area contributed by atoms with Crippen LogP contribution in [0.3, 0.4) is 0 Å². The van der Waals surface area contributed by atoms with E-state index in [-0.39, 0.29) is 29.7 Å². The molecule has 1 spiro atoms. The summed E-state index contributed by atoms with van der Waals surface area (Å²) in [6.07, 6.45) is 4.19. The number of Topliss-reactive ketones (excluding diaryl/α,β-unsaturated/α-hetero) is 1. The summed E-state index contributed by atoms with van der Waals surface area (Å²) < 4.78 is 17.1. The third-order valence-electron chi connectivity index (χ3n) is 7.29. The van der Waals surface area contributed by atoms with E-state index < -0.39 is 11.2 Å². The zero-order valence-corrected chi connectivity index (χ0v) is 21.0. The molecule has 2 aliphatic heterocycles. The lowest BCUT2D eigenvalue weighted by atomic mass is 9.80. The normalized spacial score (nSPS) is 24.5. The van der Waals surface area contributed by atoms with Crippen LogP contribution < -0.4 is 4.74 Å². The number of nitrogens with zero attached hydrogens (tertiary/aromatic N) is 1. The highest BCUT2D eigenvalue weighted by molar-refractivity contribution is 6.00. The number of benzene rings is 1. The summed E-state index contributed by atoms with van der Waals surface area (Å²) in [5.74, 6) is 0.689. The number of esters is 1. The Balaban J connectivity index is 1.55. The van der Waals surface area contributed by atoms with E-state index in [4.69, 9.17) is 14.2 Å².